The molecule has 1 nitrogen and oxygen atoms in total. The predicted octanol–water partition coefficient (Wildman–Crippen LogP) is 3.11. The quantitative estimate of drug-likeness (QED) is 0.582. The monoisotopic (exact) mass is 169 g/mol. The average Bonchev–Trinajstić information content (AvgIpc) is 2.10. The number of hydrogen-bond donors (Lipinski definition) is 1. The largest absolute Gasteiger partial charge is 0.327 e. The van der Waals surface area contributed by atoms with Gasteiger partial charge in [-0.15, -0.1) is 6.58 Å². The van der Waals surface area contributed by atoms with Crippen LogP contribution in [0.2, 0.25) is 0 Å². The highest BCUT2D eigenvalue weighted by molar-refractivity contribution is 4.79. The molecule has 0 saturated heterocycles. The molecule has 0 rings (SSSR count). The van der Waals surface area contributed by atoms with Crippen LogP contribution in [0.25, 0.3) is 0 Å². The zero-order valence-electron chi connectivity index (χ0n) is 8.55. The molecular weight excluding hydrogens is 146 g/mol. The summed E-state index contributed by atoms with van der Waals surface area (Å²) in [5.41, 5.74) is 6.05. The Hall–Kier alpha value is -0.300. The van der Waals surface area contributed by atoms with Gasteiger partial charge in [-0.2, -0.15) is 0 Å². The van der Waals surface area contributed by atoms with E-state index >= 15 is 0 Å². The van der Waals surface area contributed by atoms with Crippen molar-refractivity contribution >= 4 is 0 Å². The summed E-state index contributed by atoms with van der Waals surface area (Å²) in [6.07, 6.45) is 7.91. The molecule has 2 unspecified atom stereocenters. The first-order chi connectivity index (χ1) is 5.76. The minimum absolute atomic E-state index is 0.382. The van der Waals surface area contributed by atoms with Gasteiger partial charge in [0.25, 0.3) is 0 Å². The summed E-state index contributed by atoms with van der Waals surface area (Å²) in [5.74, 6) is 0.647. The van der Waals surface area contributed by atoms with Crippen LogP contribution in [0.3, 0.4) is 0 Å². The SMILES string of the molecule is C=CCC(CC)C(N)CCCC. The van der Waals surface area contributed by atoms with Gasteiger partial charge in [0.2, 0.25) is 0 Å². The Kier molecular flexibility index (Phi) is 7.17. The third kappa shape index (κ3) is 4.55. The van der Waals surface area contributed by atoms with Gasteiger partial charge in [-0.1, -0.05) is 39.2 Å². The lowest BCUT2D eigenvalue weighted by atomic mass is 9.91. The molecule has 0 aliphatic rings. The second-order valence-electron chi connectivity index (χ2n) is 3.50. The van der Waals surface area contributed by atoms with E-state index in [0.717, 1.165) is 6.42 Å². The van der Waals surface area contributed by atoms with E-state index in [2.05, 4.69) is 20.4 Å². The topological polar surface area (TPSA) is 26.0 Å². The summed E-state index contributed by atoms with van der Waals surface area (Å²) < 4.78 is 0. The molecule has 0 aromatic carbocycles. The average molecular weight is 169 g/mol. The minimum Gasteiger partial charge on any atom is -0.327 e. The van der Waals surface area contributed by atoms with E-state index in [1.165, 1.54) is 25.7 Å². The molecule has 0 fully saturated rings. The lowest BCUT2D eigenvalue weighted by Crippen LogP contribution is -2.29. The lowest BCUT2D eigenvalue weighted by Gasteiger charge is -2.20. The maximum absolute atomic E-state index is 6.05. The normalized spacial score (nSPS) is 15.6. The molecule has 0 saturated carbocycles. The predicted molar refractivity (Wildman–Crippen MR) is 56.1 cm³/mol. The van der Waals surface area contributed by atoms with Crippen LogP contribution >= 0.6 is 0 Å². The lowest BCUT2D eigenvalue weighted by molar-refractivity contribution is 0.384. The highest BCUT2D eigenvalue weighted by Crippen LogP contribution is 2.16. The number of nitrogens with two attached hydrogens (primary N) is 1. The smallest absolute Gasteiger partial charge is 0.00700 e. The van der Waals surface area contributed by atoms with Crippen molar-refractivity contribution in [2.24, 2.45) is 11.7 Å². The summed E-state index contributed by atoms with van der Waals surface area (Å²) in [6.45, 7) is 8.17. The molecule has 0 aromatic rings. The van der Waals surface area contributed by atoms with Gasteiger partial charge < -0.3 is 5.73 Å². The summed E-state index contributed by atoms with van der Waals surface area (Å²) in [7, 11) is 0. The molecule has 1 heteroatoms. The molecule has 12 heavy (non-hydrogen) atoms. The van der Waals surface area contributed by atoms with Crippen molar-refractivity contribution in [3.8, 4) is 0 Å². The van der Waals surface area contributed by atoms with Crippen LogP contribution in [-0.4, -0.2) is 6.04 Å². The Morgan fingerprint density at radius 3 is 2.50 bits per heavy atom. The molecule has 0 spiro atoms. The van der Waals surface area contributed by atoms with Gasteiger partial charge in [0, 0.05) is 6.04 Å². The van der Waals surface area contributed by atoms with Gasteiger partial charge in [0.05, 0.1) is 0 Å². The van der Waals surface area contributed by atoms with Crippen molar-refractivity contribution in [1.29, 1.82) is 0 Å². The molecule has 0 aromatic heterocycles. The van der Waals surface area contributed by atoms with Crippen molar-refractivity contribution in [2.75, 3.05) is 0 Å². The molecule has 0 bridgehead atoms. The zero-order chi connectivity index (χ0) is 9.40. The third-order valence-electron chi connectivity index (χ3n) is 2.49. The molecule has 72 valence electrons. The van der Waals surface area contributed by atoms with E-state index in [0.29, 0.717) is 12.0 Å². The highest BCUT2D eigenvalue weighted by atomic mass is 14.6. The molecule has 2 N–H and O–H groups in total. The fraction of sp³-hybridized carbons (Fsp3) is 0.818. The summed E-state index contributed by atoms with van der Waals surface area (Å²) in [4.78, 5) is 0. The van der Waals surface area contributed by atoms with E-state index in [4.69, 9.17) is 5.73 Å². The summed E-state index contributed by atoms with van der Waals surface area (Å²) >= 11 is 0. The summed E-state index contributed by atoms with van der Waals surface area (Å²) in [5, 5.41) is 0. The zero-order valence-corrected chi connectivity index (χ0v) is 8.55. The van der Waals surface area contributed by atoms with E-state index < -0.39 is 0 Å². The van der Waals surface area contributed by atoms with Crippen molar-refractivity contribution in [3.05, 3.63) is 12.7 Å². The Balaban J connectivity index is 3.67. The first-order valence-electron chi connectivity index (χ1n) is 5.12. The Bertz CT molecular complexity index is 110. The maximum Gasteiger partial charge on any atom is 0.00700 e. The number of hydrogen-bond acceptors (Lipinski definition) is 1. The Labute approximate surface area is 77.0 Å². The van der Waals surface area contributed by atoms with Crippen LogP contribution in [0.1, 0.15) is 46.0 Å². The fourth-order valence-electron chi connectivity index (χ4n) is 1.53. The van der Waals surface area contributed by atoms with E-state index in [-0.39, 0.29) is 0 Å². The molecule has 0 aliphatic heterocycles. The Morgan fingerprint density at radius 2 is 2.08 bits per heavy atom. The van der Waals surface area contributed by atoms with Gasteiger partial charge >= 0.3 is 0 Å². The molecule has 0 heterocycles. The second kappa shape index (κ2) is 7.35. The molecular formula is C11H23N. The highest BCUT2D eigenvalue weighted by Gasteiger charge is 2.13. The van der Waals surface area contributed by atoms with Gasteiger partial charge in [0.15, 0.2) is 0 Å². The first-order valence-corrected chi connectivity index (χ1v) is 5.12. The number of rotatable bonds is 7. The van der Waals surface area contributed by atoms with Crippen LogP contribution in [0.15, 0.2) is 12.7 Å². The van der Waals surface area contributed by atoms with Gasteiger partial charge in [0.1, 0.15) is 0 Å². The molecule has 0 radical (unpaired) electrons. The van der Waals surface area contributed by atoms with Crippen molar-refractivity contribution in [2.45, 2.75) is 52.0 Å². The van der Waals surface area contributed by atoms with Crippen molar-refractivity contribution in [1.82, 2.24) is 0 Å². The molecule has 0 aliphatic carbocycles. The van der Waals surface area contributed by atoms with Crippen molar-refractivity contribution in [3.63, 3.8) is 0 Å². The number of allylic oxidation sites excluding steroid dienone is 1. The van der Waals surface area contributed by atoms with E-state index in [1.54, 1.807) is 0 Å². The van der Waals surface area contributed by atoms with Gasteiger partial charge in [-0.05, 0) is 18.8 Å². The van der Waals surface area contributed by atoms with E-state index in [9.17, 15) is 0 Å². The summed E-state index contributed by atoms with van der Waals surface area (Å²) in [6, 6.07) is 0.382. The van der Waals surface area contributed by atoms with Crippen molar-refractivity contribution < 1.29 is 0 Å². The van der Waals surface area contributed by atoms with E-state index in [1.807, 2.05) is 6.08 Å². The Morgan fingerprint density at radius 1 is 1.42 bits per heavy atom. The fourth-order valence-corrected chi connectivity index (χ4v) is 1.53. The number of unbranched alkanes of at least 4 members (excludes halogenated alkanes) is 1. The second-order valence-corrected chi connectivity index (χ2v) is 3.50. The standard InChI is InChI=1S/C11H23N/c1-4-7-9-11(12)10(6-3)8-5-2/h5,10-11H,2,4,6-9,12H2,1,3H3. The van der Waals surface area contributed by atoms with Gasteiger partial charge in [-0.25, -0.2) is 0 Å². The maximum atomic E-state index is 6.05. The molecule has 2 atom stereocenters. The van der Waals surface area contributed by atoms with Crippen LogP contribution in [0.4, 0.5) is 0 Å². The minimum atomic E-state index is 0.382. The van der Waals surface area contributed by atoms with Crippen LogP contribution in [0.5, 0.6) is 0 Å². The molecule has 0 amide bonds. The van der Waals surface area contributed by atoms with Gasteiger partial charge in [-0.3, -0.25) is 0 Å². The van der Waals surface area contributed by atoms with Crippen LogP contribution < -0.4 is 5.73 Å². The third-order valence-corrected chi connectivity index (χ3v) is 2.49. The first kappa shape index (κ1) is 11.7. The van der Waals surface area contributed by atoms with Crippen LogP contribution in [-0.2, 0) is 0 Å². The van der Waals surface area contributed by atoms with Crippen LogP contribution in [0, 0.1) is 5.92 Å².